The van der Waals surface area contributed by atoms with Crippen LogP contribution in [0.25, 0.3) is 5.78 Å². The summed E-state index contributed by atoms with van der Waals surface area (Å²) in [6.45, 7) is 0. The zero-order valence-electron chi connectivity index (χ0n) is 9.98. The molecule has 0 N–H and O–H groups in total. The highest BCUT2D eigenvalue weighted by Crippen LogP contribution is 2.33. The lowest BCUT2D eigenvalue weighted by Crippen LogP contribution is -2.20. The summed E-state index contributed by atoms with van der Waals surface area (Å²) in [5, 5.41) is 6.07. The van der Waals surface area contributed by atoms with E-state index in [2.05, 4.69) is 21.1 Å². The number of hydrogen-bond acceptors (Lipinski definition) is 5. The number of aromatic nitrogens is 4. The number of rotatable bonds is 1. The molecule has 3 heterocycles. The molecule has 1 atom stereocenters. The van der Waals surface area contributed by atoms with Crippen LogP contribution in [-0.2, 0) is 6.42 Å². The minimum Gasteiger partial charge on any atom is -0.294 e. The maximum Gasteiger partial charge on any atom is 0.252 e. The third-order valence-corrected chi connectivity index (χ3v) is 4.50. The molecular weight excluding hydrogens is 260 g/mol. The van der Waals surface area contributed by atoms with Crippen molar-refractivity contribution in [3.05, 3.63) is 46.2 Å². The number of thiophene rings is 1. The first-order chi connectivity index (χ1) is 9.31. The van der Waals surface area contributed by atoms with Crippen molar-refractivity contribution in [2.75, 3.05) is 0 Å². The second-order valence-corrected chi connectivity index (χ2v) is 5.63. The van der Waals surface area contributed by atoms with Crippen molar-refractivity contribution in [2.24, 2.45) is 0 Å². The van der Waals surface area contributed by atoms with Crippen LogP contribution in [0.3, 0.4) is 0 Å². The Kier molecular flexibility index (Phi) is 2.25. The first-order valence-corrected chi connectivity index (χ1v) is 6.95. The third-order valence-electron chi connectivity index (χ3n) is 3.47. The number of nitrogens with zero attached hydrogens (tertiary/aromatic N) is 4. The molecule has 3 aromatic rings. The van der Waals surface area contributed by atoms with Crippen LogP contribution < -0.4 is 0 Å². The van der Waals surface area contributed by atoms with Gasteiger partial charge in [-0.25, -0.2) is 9.50 Å². The predicted octanol–water partition coefficient (Wildman–Crippen LogP) is 2.10. The monoisotopic (exact) mass is 270 g/mol. The Morgan fingerprint density at radius 1 is 1.37 bits per heavy atom. The van der Waals surface area contributed by atoms with Gasteiger partial charge in [-0.1, -0.05) is 6.07 Å². The fourth-order valence-electron chi connectivity index (χ4n) is 2.55. The Hall–Kier alpha value is -2.08. The van der Waals surface area contributed by atoms with Gasteiger partial charge in [-0.3, -0.25) is 4.79 Å². The molecule has 4 rings (SSSR count). The lowest BCUT2D eigenvalue weighted by molar-refractivity contribution is 0.0963. The largest absolute Gasteiger partial charge is 0.294 e. The van der Waals surface area contributed by atoms with Crippen molar-refractivity contribution in [1.82, 2.24) is 19.6 Å². The molecule has 0 radical (unpaired) electrons. The maximum atomic E-state index is 12.3. The molecule has 0 aromatic carbocycles. The molecular formula is C13H10N4OS. The van der Waals surface area contributed by atoms with Crippen molar-refractivity contribution in [3.8, 4) is 0 Å². The number of fused-ring (bicyclic) bond motifs is 2. The van der Waals surface area contributed by atoms with E-state index in [1.807, 2.05) is 11.4 Å². The minimum atomic E-state index is 0.143. The second-order valence-electron chi connectivity index (χ2n) is 4.65. The van der Waals surface area contributed by atoms with E-state index in [1.165, 1.54) is 11.2 Å². The summed E-state index contributed by atoms with van der Waals surface area (Å²) in [5.41, 5.74) is 1.53. The van der Waals surface area contributed by atoms with E-state index in [0.717, 1.165) is 12.1 Å². The van der Waals surface area contributed by atoms with Crippen LogP contribution in [0.1, 0.15) is 33.3 Å². The molecule has 5 nitrogen and oxygen atoms in total. The van der Waals surface area contributed by atoms with Crippen molar-refractivity contribution in [3.63, 3.8) is 0 Å². The zero-order valence-corrected chi connectivity index (χ0v) is 10.8. The lowest BCUT2D eigenvalue weighted by Gasteiger charge is -2.21. The predicted molar refractivity (Wildman–Crippen MR) is 70.5 cm³/mol. The minimum absolute atomic E-state index is 0.143. The Balaban J connectivity index is 1.82. The number of carbonyl (C=O) groups is 1. The molecule has 3 aromatic heterocycles. The fraction of sp³-hybridized carbons (Fsp3) is 0.231. The SMILES string of the molecule is O=C1CC(c2cccs2)Cc2nc3ncnn3cc21. The standard InChI is InChI=1S/C13H10N4OS/c18-11-5-8(12-2-1-3-19-12)4-10-9(11)6-17-13(16-10)14-7-15-17/h1-3,6-8H,4-5H2. The Morgan fingerprint density at radius 2 is 2.32 bits per heavy atom. The molecule has 0 spiro atoms. The van der Waals surface area contributed by atoms with Gasteiger partial charge < -0.3 is 0 Å². The van der Waals surface area contributed by atoms with E-state index in [-0.39, 0.29) is 11.7 Å². The number of Topliss-reactive ketones (excluding diaryl/α,β-unsaturated/α-hetero) is 1. The summed E-state index contributed by atoms with van der Waals surface area (Å²) < 4.78 is 1.56. The summed E-state index contributed by atoms with van der Waals surface area (Å²) in [5.74, 6) is 0.945. The Morgan fingerprint density at radius 3 is 3.16 bits per heavy atom. The van der Waals surface area contributed by atoms with E-state index in [4.69, 9.17) is 0 Å². The summed E-state index contributed by atoms with van der Waals surface area (Å²) in [6, 6.07) is 4.11. The van der Waals surface area contributed by atoms with Crippen LogP contribution >= 0.6 is 11.3 Å². The van der Waals surface area contributed by atoms with Crippen molar-refractivity contribution < 1.29 is 4.79 Å². The molecule has 0 fully saturated rings. The first kappa shape index (κ1) is 10.8. The van der Waals surface area contributed by atoms with E-state index < -0.39 is 0 Å². The van der Waals surface area contributed by atoms with E-state index in [1.54, 1.807) is 22.0 Å². The van der Waals surface area contributed by atoms with Crippen molar-refractivity contribution >= 4 is 22.9 Å². The van der Waals surface area contributed by atoms with Crippen LogP contribution in [0.15, 0.2) is 30.0 Å². The summed E-state index contributed by atoms with van der Waals surface area (Å²) in [7, 11) is 0. The van der Waals surface area contributed by atoms with Gasteiger partial charge in [0.15, 0.2) is 5.78 Å². The highest BCUT2D eigenvalue weighted by molar-refractivity contribution is 7.10. The van der Waals surface area contributed by atoms with Gasteiger partial charge in [0.05, 0.1) is 11.3 Å². The van der Waals surface area contributed by atoms with Crippen LogP contribution in [0.5, 0.6) is 0 Å². The molecule has 0 saturated carbocycles. The third kappa shape index (κ3) is 1.67. The van der Waals surface area contributed by atoms with Gasteiger partial charge in [-0.05, 0) is 17.9 Å². The van der Waals surface area contributed by atoms with Crippen molar-refractivity contribution in [2.45, 2.75) is 18.8 Å². The van der Waals surface area contributed by atoms with Crippen LogP contribution in [-0.4, -0.2) is 25.4 Å². The van der Waals surface area contributed by atoms with Gasteiger partial charge in [-0.15, -0.1) is 11.3 Å². The fourth-order valence-corrected chi connectivity index (χ4v) is 3.38. The maximum absolute atomic E-state index is 12.3. The number of hydrogen-bond donors (Lipinski definition) is 0. The van der Waals surface area contributed by atoms with E-state index in [0.29, 0.717) is 17.8 Å². The molecule has 19 heavy (non-hydrogen) atoms. The Bertz CT molecular complexity index is 762. The first-order valence-electron chi connectivity index (χ1n) is 6.07. The molecule has 0 amide bonds. The second kappa shape index (κ2) is 3.96. The van der Waals surface area contributed by atoms with Gasteiger partial charge >= 0.3 is 0 Å². The zero-order chi connectivity index (χ0) is 12.8. The highest BCUT2D eigenvalue weighted by Gasteiger charge is 2.28. The van der Waals surface area contributed by atoms with Gasteiger partial charge in [0.2, 0.25) is 0 Å². The molecule has 1 aliphatic rings. The molecule has 94 valence electrons. The smallest absolute Gasteiger partial charge is 0.252 e. The molecule has 0 bridgehead atoms. The van der Waals surface area contributed by atoms with E-state index in [9.17, 15) is 4.79 Å². The average Bonchev–Trinajstić information content (AvgIpc) is 3.07. The van der Waals surface area contributed by atoms with Crippen molar-refractivity contribution in [1.29, 1.82) is 0 Å². The molecule has 1 unspecified atom stereocenters. The average molecular weight is 270 g/mol. The molecule has 6 heteroatoms. The highest BCUT2D eigenvalue weighted by atomic mass is 32.1. The quantitative estimate of drug-likeness (QED) is 0.679. The summed E-state index contributed by atoms with van der Waals surface area (Å²) in [6.07, 6.45) is 4.55. The van der Waals surface area contributed by atoms with Gasteiger partial charge in [0, 0.05) is 23.4 Å². The molecule has 0 aliphatic heterocycles. The van der Waals surface area contributed by atoms with Crippen LogP contribution in [0.2, 0.25) is 0 Å². The summed E-state index contributed by atoms with van der Waals surface area (Å²) >= 11 is 1.70. The van der Waals surface area contributed by atoms with Gasteiger partial charge in [0.1, 0.15) is 6.33 Å². The van der Waals surface area contributed by atoms with E-state index >= 15 is 0 Å². The lowest BCUT2D eigenvalue weighted by atomic mass is 9.86. The number of carbonyl (C=O) groups excluding carboxylic acids is 1. The van der Waals surface area contributed by atoms with Crippen LogP contribution in [0.4, 0.5) is 0 Å². The van der Waals surface area contributed by atoms with Gasteiger partial charge in [-0.2, -0.15) is 10.1 Å². The Labute approximate surface area is 112 Å². The molecule has 1 aliphatic carbocycles. The topological polar surface area (TPSA) is 60.2 Å². The molecule has 0 saturated heterocycles. The van der Waals surface area contributed by atoms with Crippen LogP contribution in [0, 0.1) is 0 Å². The van der Waals surface area contributed by atoms with Gasteiger partial charge in [0.25, 0.3) is 5.78 Å². The number of ketones is 1. The summed E-state index contributed by atoms with van der Waals surface area (Å²) in [4.78, 5) is 22.0. The normalized spacial score (nSPS) is 18.7.